The molecule has 0 atom stereocenters. The van der Waals surface area contributed by atoms with E-state index in [9.17, 15) is 23.5 Å². The first-order valence-electron chi connectivity index (χ1n) is 9.42. The zero-order valence-electron chi connectivity index (χ0n) is 15.9. The monoisotopic (exact) mass is 435 g/mol. The van der Waals surface area contributed by atoms with E-state index in [0.29, 0.717) is 24.1 Å². The molecule has 1 aliphatic heterocycles. The van der Waals surface area contributed by atoms with Gasteiger partial charge in [-0.05, 0) is 18.9 Å². The number of halogens is 3. The third kappa shape index (κ3) is 2.97. The maximum atomic E-state index is 15.3. The molecule has 0 radical (unpaired) electrons. The van der Waals surface area contributed by atoms with Gasteiger partial charge in [-0.1, -0.05) is 0 Å². The molecule has 1 fully saturated rings. The van der Waals surface area contributed by atoms with Crippen molar-refractivity contribution in [2.45, 2.75) is 38.6 Å². The molecular weight excluding hydrogens is 419 g/mol. The molecular formula is C19H16F3N5O4. The average Bonchev–Trinajstić information content (AvgIpc) is 3.36. The van der Waals surface area contributed by atoms with Crippen LogP contribution in [0.3, 0.4) is 0 Å². The number of nitrogen functional groups attached to an aromatic ring is 1. The summed E-state index contributed by atoms with van der Waals surface area (Å²) in [6.45, 7) is -3.08. The van der Waals surface area contributed by atoms with Crippen LogP contribution in [0.25, 0.3) is 10.9 Å². The van der Waals surface area contributed by atoms with Gasteiger partial charge >= 0.3 is 12.6 Å². The number of rotatable bonds is 5. The van der Waals surface area contributed by atoms with Gasteiger partial charge in [-0.15, -0.1) is 0 Å². The van der Waals surface area contributed by atoms with Gasteiger partial charge in [0.15, 0.2) is 17.4 Å². The number of ether oxygens (including phenoxy) is 1. The van der Waals surface area contributed by atoms with Gasteiger partial charge in [-0.25, -0.2) is 9.18 Å². The van der Waals surface area contributed by atoms with Crippen LogP contribution in [0, 0.1) is 5.82 Å². The van der Waals surface area contributed by atoms with Crippen molar-refractivity contribution in [3.8, 4) is 5.75 Å². The first-order chi connectivity index (χ1) is 14.8. The molecule has 0 amide bonds. The van der Waals surface area contributed by atoms with Crippen molar-refractivity contribution in [2.75, 3.05) is 10.6 Å². The summed E-state index contributed by atoms with van der Waals surface area (Å²) in [6, 6.07) is 0.677. The number of anilines is 2. The zero-order valence-corrected chi connectivity index (χ0v) is 15.9. The number of nitrogens with one attached hydrogen (secondary N) is 1. The lowest BCUT2D eigenvalue weighted by molar-refractivity contribution is -0.0488. The number of fused-ring (bicyclic) bond motifs is 2. The molecule has 2 aromatic heterocycles. The van der Waals surface area contributed by atoms with Crippen LogP contribution in [0.15, 0.2) is 17.1 Å². The lowest BCUT2D eigenvalue weighted by Gasteiger charge is -2.25. The van der Waals surface area contributed by atoms with Crippen LogP contribution in [-0.2, 0) is 13.1 Å². The summed E-state index contributed by atoms with van der Waals surface area (Å²) in [4.78, 5) is 25.7. The van der Waals surface area contributed by atoms with Crippen LogP contribution in [0.2, 0.25) is 0 Å². The van der Waals surface area contributed by atoms with E-state index >= 15 is 4.39 Å². The molecule has 4 N–H and O–H groups in total. The van der Waals surface area contributed by atoms with Crippen molar-refractivity contribution in [3.05, 3.63) is 45.1 Å². The van der Waals surface area contributed by atoms with E-state index in [1.165, 1.54) is 9.47 Å². The Kier molecular flexibility index (Phi) is 4.14. The molecule has 1 saturated carbocycles. The summed E-state index contributed by atoms with van der Waals surface area (Å²) in [5.41, 5.74) is 5.18. The van der Waals surface area contributed by atoms with Crippen LogP contribution < -0.4 is 20.8 Å². The predicted molar refractivity (Wildman–Crippen MR) is 103 cm³/mol. The molecule has 0 bridgehead atoms. The minimum atomic E-state index is -3.29. The van der Waals surface area contributed by atoms with Crippen molar-refractivity contribution in [1.29, 1.82) is 0 Å². The minimum absolute atomic E-state index is 0.0594. The first kappa shape index (κ1) is 19.3. The number of hydrogen-bond acceptors (Lipinski definition) is 6. The Hall–Kier alpha value is -3.70. The molecule has 5 rings (SSSR count). The van der Waals surface area contributed by atoms with Crippen LogP contribution in [-0.4, -0.2) is 32.5 Å². The number of alkyl halides is 2. The lowest BCUT2D eigenvalue weighted by atomic mass is 10.1. The number of nitrogens with zero attached hydrogens (tertiary/aromatic N) is 3. The summed E-state index contributed by atoms with van der Waals surface area (Å²) < 4.78 is 48.2. The van der Waals surface area contributed by atoms with E-state index in [1.54, 1.807) is 0 Å². The molecule has 12 heteroatoms. The molecule has 0 unspecified atom stereocenters. The number of H-pyrrole nitrogens is 1. The smallest absolute Gasteiger partial charge is 0.387 e. The fourth-order valence-electron chi connectivity index (χ4n) is 4.05. The number of carboxylic acids is 1. The molecule has 2 aliphatic rings. The third-order valence-corrected chi connectivity index (χ3v) is 5.57. The lowest BCUT2D eigenvalue weighted by Crippen LogP contribution is -2.23. The van der Waals surface area contributed by atoms with Crippen molar-refractivity contribution >= 4 is 28.4 Å². The summed E-state index contributed by atoms with van der Waals surface area (Å²) >= 11 is 0. The molecule has 9 nitrogen and oxygen atoms in total. The van der Waals surface area contributed by atoms with Crippen LogP contribution in [0.5, 0.6) is 5.75 Å². The molecule has 3 aromatic rings. The summed E-state index contributed by atoms with van der Waals surface area (Å²) in [5, 5.41) is 15.6. The summed E-state index contributed by atoms with van der Waals surface area (Å²) in [6.07, 6.45) is 2.43. The summed E-state index contributed by atoms with van der Waals surface area (Å²) in [7, 11) is 0. The van der Waals surface area contributed by atoms with Gasteiger partial charge < -0.3 is 25.0 Å². The van der Waals surface area contributed by atoms with Crippen LogP contribution in [0.4, 0.5) is 24.7 Å². The maximum Gasteiger partial charge on any atom is 0.387 e. The second-order valence-corrected chi connectivity index (χ2v) is 7.55. The van der Waals surface area contributed by atoms with Crippen LogP contribution in [0.1, 0.15) is 40.5 Å². The van der Waals surface area contributed by atoms with Gasteiger partial charge in [0.25, 0.3) is 0 Å². The van der Waals surface area contributed by atoms with Gasteiger partial charge in [0, 0.05) is 24.3 Å². The van der Waals surface area contributed by atoms with Crippen molar-refractivity contribution in [1.82, 2.24) is 14.8 Å². The number of aromatic nitrogens is 3. The fraction of sp³-hybridized carbons (Fsp3) is 0.316. The van der Waals surface area contributed by atoms with E-state index in [0.717, 1.165) is 12.3 Å². The van der Waals surface area contributed by atoms with Gasteiger partial charge in [-0.3, -0.25) is 9.89 Å². The highest BCUT2D eigenvalue weighted by Crippen LogP contribution is 2.46. The van der Waals surface area contributed by atoms with Crippen LogP contribution >= 0.6 is 0 Å². The topological polar surface area (TPSA) is 126 Å². The van der Waals surface area contributed by atoms with Crippen molar-refractivity contribution < 1.29 is 27.8 Å². The number of aromatic carboxylic acids is 1. The summed E-state index contributed by atoms with van der Waals surface area (Å²) in [5.74, 6) is -2.76. The molecule has 1 aliphatic carbocycles. The Morgan fingerprint density at radius 1 is 1.35 bits per heavy atom. The SMILES string of the molecule is Nc1n[nH]c2c1CN(c1c(F)cc3c(=O)c(C(=O)O)cn(C4CC4)c3c1OC(F)F)C2. The number of benzene rings is 1. The Labute approximate surface area is 171 Å². The molecule has 1 aromatic carbocycles. The highest BCUT2D eigenvalue weighted by Gasteiger charge is 2.34. The second kappa shape index (κ2) is 6.65. The third-order valence-electron chi connectivity index (χ3n) is 5.57. The molecule has 0 spiro atoms. The normalized spacial score (nSPS) is 15.7. The number of nitrogens with two attached hydrogens (primary N) is 1. The number of pyridine rings is 1. The molecule has 3 heterocycles. The van der Waals surface area contributed by atoms with E-state index < -0.39 is 35.1 Å². The predicted octanol–water partition coefficient (Wildman–Crippen LogP) is 2.60. The minimum Gasteiger partial charge on any atom is -0.477 e. The van der Waals surface area contributed by atoms with Gasteiger partial charge in [0.05, 0.1) is 23.1 Å². The number of carboxylic acid groups (broad SMARTS) is 1. The average molecular weight is 435 g/mol. The number of carbonyl (C=O) groups is 1. The van der Waals surface area contributed by atoms with E-state index in [2.05, 4.69) is 10.2 Å². The van der Waals surface area contributed by atoms with Gasteiger partial charge in [0.2, 0.25) is 5.43 Å². The van der Waals surface area contributed by atoms with E-state index in [1.807, 2.05) is 0 Å². The highest BCUT2D eigenvalue weighted by atomic mass is 19.3. The highest BCUT2D eigenvalue weighted by molar-refractivity contribution is 5.97. The standard InChI is InChI=1S/C19H16F3N5O4/c20-11-3-8-13(27(7-1-2-7)5-10(15(8)28)18(29)30)16(31-19(21)22)14(11)26-4-9-12(6-26)24-25-17(9)23/h3,5,7,19H,1-2,4,6H2,(H,29,30)(H3,23,24,25). The van der Waals surface area contributed by atoms with Gasteiger partial charge in [-0.2, -0.15) is 13.9 Å². The molecule has 31 heavy (non-hydrogen) atoms. The zero-order chi connectivity index (χ0) is 22.0. The first-order valence-corrected chi connectivity index (χ1v) is 9.42. The largest absolute Gasteiger partial charge is 0.477 e. The van der Waals surface area contributed by atoms with E-state index in [4.69, 9.17) is 10.5 Å². The fourth-order valence-corrected chi connectivity index (χ4v) is 4.05. The van der Waals surface area contributed by atoms with Crippen molar-refractivity contribution in [3.63, 3.8) is 0 Å². The molecule has 0 saturated heterocycles. The van der Waals surface area contributed by atoms with Gasteiger partial charge in [0.1, 0.15) is 11.3 Å². The Bertz CT molecular complexity index is 1300. The second-order valence-electron chi connectivity index (χ2n) is 7.55. The van der Waals surface area contributed by atoms with Crippen molar-refractivity contribution in [2.24, 2.45) is 0 Å². The Morgan fingerprint density at radius 3 is 2.71 bits per heavy atom. The maximum absolute atomic E-state index is 15.3. The Morgan fingerprint density at radius 2 is 2.10 bits per heavy atom. The molecule has 162 valence electrons. The Balaban J connectivity index is 1.79. The quantitative estimate of drug-likeness (QED) is 0.562. The number of hydrogen-bond donors (Lipinski definition) is 3. The number of aromatic amines is 1. The van der Waals surface area contributed by atoms with E-state index in [-0.39, 0.29) is 41.5 Å².